The molecule has 0 aliphatic carbocycles. The van der Waals surface area contributed by atoms with Crippen molar-refractivity contribution in [2.24, 2.45) is 0 Å². The average molecular weight is 412 g/mol. The number of halogens is 2. The van der Waals surface area contributed by atoms with E-state index in [4.69, 9.17) is 10.6 Å². The minimum Gasteiger partial charge on any atom is -0.494 e. The fourth-order valence-corrected chi connectivity index (χ4v) is 3.97. The minimum absolute atomic E-state index is 0.000814. The zero-order valence-electron chi connectivity index (χ0n) is 14.4. The maximum Gasteiger partial charge on any atom is 0.387 e. The Morgan fingerprint density at radius 2 is 2.07 bits per heavy atom. The summed E-state index contributed by atoms with van der Waals surface area (Å²) in [7, 11) is -2.84. The lowest BCUT2D eigenvalue weighted by molar-refractivity contribution is -0.0497. The zero-order chi connectivity index (χ0) is 20.5. The third-order valence-corrected chi connectivity index (χ3v) is 5.30. The Bertz CT molecular complexity index is 1150. The van der Waals surface area contributed by atoms with Crippen molar-refractivity contribution < 1.29 is 31.5 Å². The molecule has 3 aromatic rings. The largest absolute Gasteiger partial charge is 0.494 e. The number of nitrogen functional groups attached to an aromatic ring is 1. The summed E-state index contributed by atoms with van der Waals surface area (Å²) < 4.78 is 60.6. The van der Waals surface area contributed by atoms with Crippen LogP contribution in [0.25, 0.3) is 11.0 Å². The van der Waals surface area contributed by atoms with Crippen LogP contribution in [0.4, 0.5) is 8.78 Å². The van der Waals surface area contributed by atoms with Gasteiger partial charge in [-0.2, -0.15) is 8.78 Å². The van der Waals surface area contributed by atoms with Gasteiger partial charge in [0, 0.05) is 12.3 Å². The molecular weight excluding hydrogens is 398 g/mol. The van der Waals surface area contributed by atoms with Crippen LogP contribution in [0.3, 0.4) is 0 Å². The lowest BCUT2D eigenvalue weighted by Crippen LogP contribution is -2.19. The summed E-state index contributed by atoms with van der Waals surface area (Å²) in [6.07, 6.45) is 1.79. The molecule has 0 atom stereocenters. The third-order valence-electron chi connectivity index (χ3n) is 3.80. The van der Waals surface area contributed by atoms with E-state index in [1.807, 2.05) is 0 Å². The molecule has 0 aliphatic rings. The van der Waals surface area contributed by atoms with E-state index < -0.39 is 27.4 Å². The summed E-state index contributed by atoms with van der Waals surface area (Å²) in [5.74, 6) is 5.03. The SMILES string of the molecule is COc1c(C=O)ccnc1CS(=O)(=O)c1nc2cc(OC(F)F)ccc2n1N. The first-order chi connectivity index (χ1) is 13.3. The highest BCUT2D eigenvalue weighted by molar-refractivity contribution is 7.90. The fourth-order valence-electron chi connectivity index (χ4n) is 2.64. The number of rotatable bonds is 7. The maximum absolute atomic E-state index is 12.8. The molecule has 0 unspecified atom stereocenters. The molecule has 0 radical (unpaired) electrons. The smallest absolute Gasteiger partial charge is 0.387 e. The van der Waals surface area contributed by atoms with Gasteiger partial charge in [-0.3, -0.25) is 9.78 Å². The van der Waals surface area contributed by atoms with Crippen LogP contribution in [-0.4, -0.2) is 43.1 Å². The van der Waals surface area contributed by atoms with Gasteiger partial charge in [-0.05, 0) is 18.2 Å². The summed E-state index contributed by atoms with van der Waals surface area (Å²) >= 11 is 0. The standard InChI is InChI=1S/C16H14F2N4O5S/c1-26-14-9(7-23)4-5-20-12(14)8-28(24,25)16-21-11-6-10(27-15(17)18)2-3-13(11)22(16)19/h2-7,15H,8,19H2,1H3. The number of fused-ring (bicyclic) bond motifs is 1. The van der Waals surface area contributed by atoms with Gasteiger partial charge in [0.25, 0.3) is 0 Å². The highest BCUT2D eigenvalue weighted by Crippen LogP contribution is 2.27. The first-order valence-electron chi connectivity index (χ1n) is 7.69. The molecular formula is C16H14F2N4O5S. The molecule has 0 amide bonds. The van der Waals surface area contributed by atoms with Gasteiger partial charge in [-0.25, -0.2) is 18.1 Å². The number of methoxy groups -OCH3 is 1. The first kappa shape index (κ1) is 19.5. The molecule has 9 nitrogen and oxygen atoms in total. The summed E-state index contributed by atoms with van der Waals surface area (Å²) in [5, 5.41) is -0.503. The Kier molecular flexibility index (Phi) is 5.14. The monoisotopic (exact) mass is 412 g/mol. The number of nitrogens with zero attached hydrogens (tertiary/aromatic N) is 3. The predicted molar refractivity (Wildman–Crippen MR) is 93.6 cm³/mol. The Labute approximate surface area is 157 Å². The summed E-state index contributed by atoms with van der Waals surface area (Å²) in [6, 6.07) is 5.05. The van der Waals surface area contributed by atoms with Crippen LogP contribution < -0.4 is 15.3 Å². The minimum atomic E-state index is -4.12. The lowest BCUT2D eigenvalue weighted by Gasteiger charge is -2.10. The summed E-state index contributed by atoms with van der Waals surface area (Å²) in [5.41, 5.74) is 0.390. The number of imidazole rings is 1. The molecule has 0 saturated carbocycles. The third kappa shape index (κ3) is 3.58. The number of hydrogen-bond acceptors (Lipinski definition) is 8. The molecule has 148 valence electrons. The Hall–Kier alpha value is -3.28. The molecule has 0 saturated heterocycles. The van der Waals surface area contributed by atoms with Crippen LogP contribution in [0.2, 0.25) is 0 Å². The first-order valence-corrected chi connectivity index (χ1v) is 9.34. The zero-order valence-corrected chi connectivity index (χ0v) is 15.2. The highest BCUT2D eigenvalue weighted by Gasteiger charge is 2.26. The average Bonchev–Trinajstić information content (AvgIpc) is 2.97. The summed E-state index contributed by atoms with van der Waals surface area (Å²) in [4.78, 5) is 19.0. The topological polar surface area (TPSA) is 126 Å². The molecule has 12 heteroatoms. The van der Waals surface area contributed by atoms with Gasteiger partial charge >= 0.3 is 6.61 Å². The van der Waals surface area contributed by atoms with Crippen LogP contribution in [0.1, 0.15) is 16.1 Å². The van der Waals surface area contributed by atoms with Crippen LogP contribution in [0.5, 0.6) is 11.5 Å². The van der Waals surface area contributed by atoms with Gasteiger partial charge in [0.15, 0.2) is 12.0 Å². The van der Waals surface area contributed by atoms with E-state index in [-0.39, 0.29) is 33.8 Å². The van der Waals surface area contributed by atoms with Crippen LogP contribution in [0.15, 0.2) is 35.6 Å². The van der Waals surface area contributed by atoms with Crippen molar-refractivity contribution in [3.8, 4) is 11.5 Å². The number of nitrogens with two attached hydrogens (primary N) is 1. The molecule has 2 N–H and O–H groups in total. The van der Waals surface area contributed by atoms with Gasteiger partial charge in [-0.15, -0.1) is 0 Å². The number of aromatic nitrogens is 3. The molecule has 0 spiro atoms. The van der Waals surface area contributed by atoms with Crippen LogP contribution in [-0.2, 0) is 15.6 Å². The summed E-state index contributed by atoms with van der Waals surface area (Å²) in [6.45, 7) is -3.04. The normalized spacial score (nSPS) is 11.7. The van der Waals surface area contributed by atoms with Gasteiger partial charge in [0.05, 0.1) is 29.4 Å². The lowest BCUT2D eigenvalue weighted by atomic mass is 10.2. The number of alkyl halides is 2. The van der Waals surface area contributed by atoms with Crippen molar-refractivity contribution in [2.45, 2.75) is 17.5 Å². The number of ether oxygens (including phenoxy) is 2. The van der Waals surface area contributed by atoms with E-state index in [1.54, 1.807) is 0 Å². The van der Waals surface area contributed by atoms with Crippen LogP contribution >= 0.6 is 0 Å². The van der Waals surface area contributed by atoms with Crippen molar-refractivity contribution in [2.75, 3.05) is 13.0 Å². The van der Waals surface area contributed by atoms with E-state index in [2.05, 4.69) is 14.7 Å². The second kappa shape index (κ2) is 7.38. The highest BCUT2D eigenvalue weighted by atomic mass is 32.2. The van der Waals surface area contributed by atoms with E-state index in [1.165, 1.54) is 31.5 Å². The second-order valence-corrected chi connectivity index (χ2v) is 7.43. The quantitative estimate of drug-likeness (QED) is 0.457. The molecule has 3 rings (SSSR count). The molecule has 2 aromatic heterocycles. The number of benzene rings is 1. The van der Waals surface area contributed by atoms with Gasteiger partial charge in [0.1, 0.15) is 11.5 Å². The molecule has 2 heterocycles. The number of sulfone groups is 1. The van der Waals surface area contributed by atoms with E-state index in [0.29, 0.717) is 6.29 Å². The van der Waals surface area contributed by atoms with E-state index in [9.17, 15) is 22.0 Å². The number of pyridine rings is 1. The number of carbonyl (C=O) groups excluding carboxylic acids is 1. The van der Waals surface area contributed by atoms with E-state index >= 15 is 0 Å². The van der Waals surface area contributed by atoms with Crippen molar-refractivity contribution >= 4 is 27.2 Å². The van der Waals surface area contributed by atoms with Crippen molar-refractivity contribution in [1.82, 2.24) is 14.6 Å². The van der Waals surface area contributed by atoms with Crippen molar-refractivity contribution in [1.29, 1.82) is 0 Å². The van der Waals surface area contributed by atoms with Gasteiger partial charge in [0.2, 0.25) is 15.0 Å². The van der Waals surface area contributed by atoms with Gasteiger partial charge in [-0.1, -0.05) is 0 Å². The Balaban J connectivity index is 2.04. The molecule has 1 aromatic carbocycles. The molecule has 28 heavy (non-hydrogen) atoms. The second-order valence-electron chi connectivity index (χ2n) is 5.55. The fraction of sp³-hybridized carbons (Fsp3) is 0.188. The number of carbonyl (C=O) groups is 1. The number of hydrogen-bond donors (Lipinski definition) is 1. The number of aldehydes is 1. The Morgan fingerprint density at radius 3 is 2.71 bits per heavy atom. The van der Waals surface area contributed by atoms with Crippen molar-refractivity contribution in [3.05, 3.63) is 41.7 Å². The maximum atomic E-state index is 12.8. The van der Waals surface area contributed by atoms with Crippen molar-refractivity contribution in [3.63, 3.8) is 0 Å². The molecule has 0 aliphatic heterocycles. The molecule has 0 bridgehead atoms. The Morgan fingerprint density at radius 1 is 1.32 bits per heavy atom. The van der Waals surface area contributed by atoms with E-state index in [0.717, 1.165) is 10.7 Å². The van der Waals surface area contributed by atoms with Crippen LogP contribution in [0, 0.1) is 0 Å². The predicted octanol–water partition coefficient (Wildman–Crippen LogP) is 1.54. The van der Waals surface area contributed by atoms with Gasteiger partial charge < -0.3 is 15.3 Å². The molecule has 0 fully saturated rings.